The van der Waals surface area contributed by atoms with Crippen LogP contribution >= 0.6 is 11.6 Å². The molecule has 0 aromatic heterocycles. The molecule has 1 atom stereocenters. The lowest BCUT2D eigenvalue weighted by atomic mass is 10.2. The second kappa shape index (κ2) is 4.89. The molecular weight excluding hydrogens is 242 g/mol. The van der Waals surface area contributed by atoms with Gasteiger partial charge in [0.05, 0.1) is 4.92 Å². The zero-order chi connectivity index (χ0) is 12.4. The molecule has 0 radical (unpaired) electrons. The number of hydrogen-bond donors (Lipinski definition) is 1. The maximum atomic E-state index is 11.0. The summed E-state index contributed by atoms with van der Waals surface area (Å²) in [6, 6.07) is 4.96. The van der Waals surface area contributed by atoms with Crippen LogP contribution in [0.4, 0.5) is 11.4 Å². The molecular formula is C11H14ClN3O2. The van der Waals surface area contributed by atoms with Crippen molar-refractivity contribution in [1.82, 2.24) is 0 Å². The molecule has 5 nitrogen and oxygen atoms in total. The van der Waals surface area contributed by atoms with Crippen molar-refractivity contribution in [1.29, 1.82) is 0 Å². The van der Waals surface area contributed by atoms with E-state index in [9.17, 15) is 10.1 Å². The van der Waals surface area contributed by atoms with Crippen molar-refractivity contribution in [3.63, 3.8) is 0 Å². The van der Waals surface area contributed by atoms with Crippen molar-refractivity contribution in [2.75, 3.05) is 18.0 Å². The number of nitro benzene ring substituents is 1. The van der Waals surface area contributed by atoms with Crippen LogP contribution in [0, 0.1) is 10.1 Å². The average molecular weight is 256 g/mol. The second-order valence-corrected chi connectivity index (χ2v) is 4.55. The van der Waals surface area contributed by atoms with E-state index < -0.39 is 4.92 Å². The van der Waals surface area contributed by atoms with Gasteiger partial charge >= 0.3 is 0 Å². The molecule has 6 heteroatoms. The molecule has 1 unspecified atom stereocenters. The normalized spacial score (nSPS) is 19.6. The third-order valence-corrected chi connectivity index (χ3v) is 3.33. The molecule has 1 fully saturated rings. The van der Waals surface area contributed by atoms with Crippen LogP contribution in [0.5, 0.6) is 0 Å². The molecule has 1 heterocycles. The van der Waals surface area contributed by atoms with Gasteiger partial charge in [-0.2, -0.15) is 0 Å². The van der Waals surface area contributed by atoms with Crippen LogP contribution in [0.25, 0.3) is 0 Å². The summed E-state index contributed by atoms with van der Waals surface area (Å²) < 4.78 is 0. The van der Waals surface area contributed by atoms with Crippen LogP contribution in [0.3, 0.4) is 0 Å². The van der Waals surface area contributed by atoms with E-state index in [1.165, 1.54) is 6.07 Å². The Hall–Kier alpha value is -1.33. The smallest absolute Gasteiger partial charge is 0.294 e. The Morgan fingerprint density at radius 1 is 1.59 bits per heavy atom. The third-order valence-electron chi connectivity index (χ3n) is 3.09. The van der Waals surface area contributed by atoms with Crippen molar-refractivity contribution in [2.45, 2.75) is 18.9 Å². The summed E-state index contributed by atoms with van der Waals surface area (Å²) in [4.78, 5) is 12.6. The third kappa shape index (κ3) is 2.35. The summed E-state index contributed by atoms with van der Waals surface area (Å²) in [5.41, 5.74) is 6.35. The van der Waals surface area contributed by atoms with E-state index in [4.69, 9.17) is 17.3 Å². The van der Waals surface area contributed by atoms with Gasteiger partial charge in [-0.1, -0.05) is 11.6 Å². The fourth-order valence-electron chi connectivity index (χ4n) is 2.28. The van der Waals surface area contributed by atoms with E-state index in [1.54, 1.807) is 12.1 Å². The van der Waals surface area contributed by atoms with Gasteiger partial charge in [0.25, 0.3) is 5.69 Å². The summed E-state index contributed by atoms with van der Waals surface area (Å²) >= 11 is 5.79. The standard InChI is InChI=1S/C11H14ClN3O2/c12-8-3-4-10(11(6-8)15(16)17)14-5-1-2-9(14)7-13/h3-4,6,9H,1-2,5,7,13H2. The van der Waals surface area contributed by atoms with Gasteiger partial charge in [0, 0.05) is 30.2 Å². The minimum Gasteiger partial charge on any atom is -0.362 e. The number of anilines is 1. The maximum absolute atomic E-state index is 11.0. The molecule has 17 heavy (non-hydrogen) atoms. The Morgan fingerprint density at radius 2 is 2.35 bits per heavy atom. The van der Waals surface area contributed by atoms with Crippen LogP contribution in [-0.4, -0.2) is 24.1 Å². The fourth-order valence-corrected chi connectivity index (χ4v) is 2.45. The predicted octanol–water partition coefficient (Wildman–Crippen LogP) is 2.18. The Balaban J connectivity index is 2.40. The molecule has 1 aromatic rings. The van der Waals surface area contributed by atoms with Gasteiger partial charge in [-0.05, 0) is 25.0 Å². The van der Waals surface area contributed by atoms with E-state index >= 15 is 0 Å². The lowest BCUT2D eigenvalue weighted by molar-refractivity contribution is -0.384. The largest absolute Gasteiger partial charge is 0.362 e. The Bertz CT molecular complexity index is 439. The van der Waals surface area contributed by atoms with E-state index in [2.05, 4.69) is 0 Å². The van der Waals surface area contributed by atoms with Crippen molar-refractivity contribution in [2.24, 2.45) is 5.73 Å². The lowest BCUT2D eigenvalue weighted by Gasteiger charge is -2.25. The van der Waals surface area contributed by atoms with Crippen molar-refractivity contribution >= 4 is 23.0 Å². The number of rotatable bonds is 3. The molecule has 0 amide bonds. The summed E-state index contributed by atoms with van der Waals surface area (Å²) in [7, 11) is 0. The second-order valence-electron chi connectivity index (χ2n) is 4.12. The molecule has 1 aliphatic rings. The Labute approximate surface area is 104 Å². The minimum absolute atomic E-state index is 0.0536. The molecule has 0 saturated carbocycles. The zero-order valence-electron chi connectivity index (χ0n) is 9.30. The molecule has 2 N–H and O–H groups in total. The first-order chi connectivity index (χ1) is 8.13. The first kappa shape index (κ1) is 12.1. The Kier molecular flexibility index (Phi) is 3.49. The molecule has 92 valence electrons. The summed E-state index contributed by atoms with van der Waals surface area (Å²) in [5, 5.41) is 11.4. The first-order valence-corrected chi connectivity index (χ1v) is 5.92. The number of nitrogens with zero attached hydrogens (tertiary/aromatic N) is 2. The lowest BCUT2D eigenvalue weighted by Crippen LogP contribution is -2.35. The topological polar surface area (TPSA) is 72.4 Å². The van der Waals surface area contributed by atoms with Gasteiger partial charge in [-0.25, -0.2) is 0 Å². The quantitative estimate of drug-likeness (QED) is 0.664. The van der Waals surface area contributed by atoms with Crippen LogP contribution in [0.2, 0.25) is 5.02 Å². The van der Waals surface area contributed by atoms with Gasteiger partial charge in [-0.3, -0.25) is 10.1 Å². The fraction of sp³-hybridized carbons (Fsp3) is 0.455. The maximum Gasteiger partial charge on any atom is 0.294 e. The van der Waals surface area contributed by atoms with Crippen LogP contribution in [0.1, 0.15) is 12.8 Å². The van der Waals surface area contributed by atoms with Gasteiger partial charge in [-0.15, -0.1) is 0 Å². The molecule has 0 spiro atoms. The first-order valence-electron chi connectivity index (χ1n) is 5.54. The summed E-state index contributed by atoms with van der Waals surface area (Å²) in [5.74, 6) is 0. The predicted molar refractivity (Wildman–Crippen MR) is 67.5 cm³/mol. The van der Waals surface area contributed by atoms with E-state index in [-0.39, 0.29) is 11.7 Å². The highest BCUT2D eigenvalue weighted by Gasteiger charge is 2.28. The van der Waals surface area contributed by atoms with Crippen molar-refractivity contribution in [3.8, 4) is 0 Å². The highest BCUT2D eigenvalue weighted by Crippen LogP contribution is 2.35. The van der Waals surface area contributed by atoms with Crippen LogP contribution < -0.4 is 10.6 Å². The zero-order valence-corrected chi connectivity index (χ0v) is 10.1. The average Bonchev–Trinajstić information content (AvgIpc) is 2.76. The van der Waals surface area contributed by atoms with E-state index in [0.717, 1.165) is 19.4 Å². The molecule has 1 aliphatic heterocycles. The van der Waals surface area contributed by atoms with Crippen LogP contribution in [0.15, 0.2) is 18.2 Å². The number of nitrogens with two attached hydrogens (primary N) is 1. The molecule has 0 aliphatic carbocycles. The number of nitro groups is 1. The number of hydrogen-bond acceptors (Lipinski definition) is 4. The van der Waals surface area contributed by atoms with Gasteiger partial charge in [0.15, 0.2) is 0 Å². The number of benzene rings is 1. The summed E-state index contributed by atoms with van der Waals surface area (Å²) in [6.45, 7) is 1.32. The van der Waals surface area contributed by atoms with Crippen molar-refractivity contribution in [3.05, 3.63) is 33.3 Å². The highest BCUT2D eigenvalue weighted by molar-refractivity contribution is 6.30. The Morgan fingerprint density at radius 3 is 3.00 bits per heavy atom. The van der Waals surface area contributed by atoms with Crippen LogP contribution in [-0.2, 0) is 0 Å². The minimum atomic E-state index is -0.396. The molecule has 0 bridgehead atoms. The van der Waals surface area contributed by atoms with E-state index in [0.29, 0.717) is 17.3 Å². The van der Waals surface area contributed by atoms with E-state index in [1.807, 2.05) is 4.90 Å². The molecule has 1 saturated heterocycles. The monoisotopic (exact) mass is 255 g/mol. The summed E-state index contributed by atoms with van der Waals surface area (Å²) in [6.07, 6.45) is 2.00. The highest BCUT2D eigenvalue weighted by atomic mass is 35.5. The van der Waals surface area contributed by atoms with Gasteiger partial charge in [0.2, 0.25) is 0 Å². The number of halogens is 1. The molecule has 2 rings (SSSR count). The van der Waals surface area contributed by atoms with Gasteiger partial charge in [0.1, 0.15) is 5.69 Å². The van der Waals surface area contributed by atoms with Gasteiger partial charge < -0.3 is 10.6 Å². The molecule has 1 aromatic carbocycles. The van der Waals surface area contributed by atoms with Crippen molar-refractivity contribution < 1.29 is 4.92 Å². The SMILES string of the molecule is NCC1CCCN1c1ccc(Cl)cc1[N+](=O)[O-].